The van der Waals surface area contributed by atoms with Crippen LogP contribution in [0.25, 0.3) is 0 Å². The quantitative estimate of drug-likeness (QED) is 0.877. The number of carbonyl (C=O) groups is 1. The third-order valence-corrected chi connectivity index (χ3v) is 3.70. The van der Waals surface area contributed by atoms with Crippen LogP contribution in [0.5, 0.6) is 11.5 Å². The highest BCUT2D eigenvalue weighted by Crippen LogP contribution is 2.32. The van der Waals surface area contributed by atoms with E-state index in [0.29, 0.717) is 42.0 Å². The van der Waals surface area contributed by atoms with E-state index in [1.807, 2.05) is 41.7 Å². The normalized spacial score (nSPS) is 12.7. The minimum absolute atomic E-state index is 0.0596. The highest BCUT2D eigenvalue weighted by atomic mass is 35.5. The van der Waals surface area contributed by atoms with Gasteiger partial charge in [0.2, 0.25) is 0 Å². The van der Waals surface area contributed by atoms with Gasteiger partial charge in [0.1, 0.15) is 19.8 Å². The Bertz CT molecular complexity index is 689. The number of halogens is 1. The van der Waals surface area contributed by atoms with Crippen molar-refractivity contribution < 1.29 is 19.6 Å². The molecular weight excluding hydrogens is 316 g/mol. The van der Waals surface area contributed by atoms with E-state index in [2.05, 4.69) is 5.32 Å². The lowest BCUT2D eigenvalue weighted by Crippen LogP contribution is -2.84. The van der Waals surface area contributed by atoms with Crippen molar-refractivity contribution in [3.63, 3.8) is 0 Å². The average molecular weight is 334 g/mol. The van der Waals surface area contributed by atoms with Gasteiger partial charge < -0.3 is 20.1 Å². The van der Waals surface area contributed by atoms with Gasteiger partial charge in [-0.3, -0.25) is 4.79 Å². The molecular formula is C17H18ClN2O3+. The van der Waals surface area contributed by atoms with Crippen LogP contribution in [0.15, 0.2) is 42.5 Å². The maximum atomic E-state index is 12.0. The Morgan fingerprint density at radius 2 is 1.83 bits per heavy atom. The van der Waals surface area contributed by atoms with Crippen LogP contribution in [0, 0.1) is 0 Å². The third-order valence-electron chi connectivity index (χ3n) is 3.45. The van der Waals surface area contributed by atoms with E-state index < -0.39 is 0 Å². The van der Waals surface area contributed by atoms with Gasteiger partial charge in [-0.1, -0.05) is 23.7 Å². The second kappa shape index (κ2) is 7.35. The van der Waals surface area contributed by atoms with Crippen LogP contribution in [-0.2, 0) is 11.3 Å². The summed E-state index contributed by atoms with van der Waals surface area (Å²) in [5.41, 5.74) is 1.83. The van der Waals surface area contributed by atoms with Gasteiger partial charge in [-0.25, -0.2) is 0 Å². The van der Waals surface area contributed by atoms with Crippen molar-refractivity contribution in [3.05, 3.63) is 53.1 Å². The van der Waals surface area contributed by atoms with Gasteiger partial charge in [0.15, 0.2) is 18.0 Å². The largest absolute Gasteiger partial charge is 0.486 e. The highest BCUT2D eigenvalue weighted by Gasteiger charge is 2.13. The van der Waals surface area contributed by atoms with Crippen LogP contribution >= 0.6 is 11.6 Å². The minimum Gasteiger partial charge on any atom is -0.486 e. The van der Waals surface area contributed by atoms with Gasteiger partial charge in [0.25, 0.3) is 5.91 Å². The van der Waals surface area contributed by atoms with Crippen LogP contribution in [0.4, 0.5) is 5.69 Å². The number of hydrogen-bond donors (Lipinski definition) is 2. The summed E-state index contributed by atoms with van der Waals surface area (Å²) < 4.78 is 11.0. The van der Waals surface area contributed by atoms with Crippen LogP contribution in [-0.4, -0.2) is 25.7 Å². The number of quaternary nitrogens is 1. The molecule has 0 aliphatic carbocycles. The molecule has 3 N–H and O–H groups in total. The summed E-state index contributed by atoms with van der Waals surface area (Å²) >= 11 is 5.84. The first kappa shape index (κ1) is 15.6. The monoisotopic (exact) mass is 333 g/mol. The van der Waals surface area contributed by atoms with E-state index in [1.165, 1.54) is 0 Å². The molecule has 23 heavy (non-hydrogen) atoms. The SMILES string of the molecule is O=C(C[NH2+]Cc1ccc(Cl)cc1)Nc1ccc2c(c1)OCCO2. The molecule has 3 rings (SSSR count). The van der Waals surface area contributed by atoms with Gasteiger partial charge in [0.05, 0.1) is 0 Å². The summed E-state index contributed by atoms with van der Waals surface area (Å²) in [5, 5.41) is 5.51. The fraction of sp³-hybridized carbons (Fsp3) is 0.235. The van der Waals surface area contributed by atoms with Gasteiger partial charge >= 0.3 is 0 Å². The molecule has 0 radical (unpaired) electrons. The zero-order valence-electron chi connectivity index (χ0n) is 12.5. The van der Waals surface area contributed by atoms with Crippen molar-refractivity contribution in [2.24, 2.45) is 0 Å². The maximum Gasteiger partial charge on any atom is 0.279 e. The van der Waals surface area contributed by atoms with Gasteiger partial charge in [-0.15, -0.1) is 0 Å². The molecule has 0 saturated heterocycles. The lowest BCUT2D eigenvalue weighted by molar-refractivity contribution is -0.659. The third kappa shape index (κ3) is 4.37. The first-order chi connectivity index (χ1) is 11.2. The highest BCUT2D eigenvalue weighted by molar-refractivity contribution is 6.30. The van der Waals surface area contributed by atoms with E-state index >= 15 is 0 Å². The molecule has 0 fully saturated rings. The molecule has 2 aromatic carbocycles. The average Bonchev–Trinajstić information content (AvgIpc) is 2.56. The van der Waals surface area contributed by atoms with Crippen LogP contribution in [0.1, 0.15) is 5.56 Å². The summed E-state index contributed by atoms with van der Waals surface area (Å²) in [5.74, 6) is 1.32. The number of nitrogens with one attached hydrogen (secondary N) is 1. The van der Waals surface area contributed by atoms with Crippen molar-refractivity contribution in [2.75, 3.05) is 25.1 Å². The van der Waals surface area contributed by atoms with E-state index in [4.69, 9.17) is 21.1 Å². The molecule has 1 aliphatic rings. The molecule has 120 valence electrons. The van der Waals surface area contributed by atoms with Crippen LogP contribution < -0.4 is 20.1 Å². The van der Waals surface area contributed by atoms with Gasteiger partial charge in [-0.2, -0.15) is 0 Å². The minimum atomic E-state index is -0.0596. The Morgan fingerprint density at radius 1 is 1.09 bits per heavy atom. The summed E-state index contributed by atoms with van der Waals surface area (Å²) in [6.45, 7) is 2.15. The van der Waals surface area contributed by atoms with Crippen LogP contribution in [0.2, 0.25) is 5.02 Å². The fourth-order valence-corrected chi connectivity index (χ4v) is 2.45. The molecule has 1 heterocycles. The Hall–Kier alpha value is -2.24. The Kier molecular flexibility index (Phi) is 5.00. The summed E-state index contributed by atoms with van der Waals surface area (Å²) in [6.07, 6.45) is 0. The standard InChI is InChI=1S/C17H17ClN2O3/c18-13-3-1-12(2-4-13)10-19-11-17(21)20-14-5-6-15-16(9-14)23-8-7-22-15/h1-6,9,19H,7-8,10-11H2,(H,20,21)/p+1. The second-order valence-electron chi connectivity index (χ2n) is 5.23. The number of rotatable bonds is 5. The molecule has 1 aliphatic heterocycles. The fourth-order valence-electron chi connectivity index (χ4n) is 2.32. The number of carbonyl (C=O) groups excluding carboxylic acids is 1. The molecule has 0 atom stereocenters. The second-order valence-corrected chi connectivity index (χ2v) is 5.67. The Labute approximate surface area is 139 Å². The number of amides is 1. The number of nitrogens with two attached hydrogens (primary N) is 1. The smallest absolute Gasteiger partial charge is 0.279 e. The number of benzene rings is 2. The number of hydrogen-bond acceptors (Lipinski definition) is 3. The zero-order chi connectivity index (χ0) is 16.1. The maximum absolute atomic E-state index is 12.0. The Morgan fingerprint density at radius 3 is 2.61 bits per heavy atom. The lowest BCUT2D eigenvalue weighted by atomic mass is 10.2. The van der Waals surface area contributed by atoms with E-state index in [9.17, 15) is 4.79 Å². The van der Waals surface area contributed by atoms with Gasteiger partial charge in [-0.05, 0) is 24.3 Å². The van der Waals surface area contributed by atoms with Crippen LogP contribution in [0.3, 0.4) is 0 Å². The summed E-state index contributed by atoms with van der Waals surface area (Å²) in [7, 11) is 0. The number of fused-ring (bicyclic) bond motifs is 1. The van der Waals surface area contributed by atoms with E-state index in [-0.39, 0.29) is 5.91 Å². The molecule has 1 amide bonds. The van der Waals surface area contributed by atoms with Crippen molar-refractivity contribution in [1.29, 1.82) is 0 Å². The van der Waals surface area contributed by atoms with E-state index in [0.717, 1.165) is 12.1 Å². The molecule has 2 aromatic rings. The van der Waals surface area contributed by atoms with Crippen molar-refractivity contribution in [2.45, 2.75) is 6.54 Å². The molecule has 0 bridgehead atoms. The van der Waals surface area contributed by atoms with Crippen molar-refractivity contribution in [1.82, 2.24) is 0 Å². The molecule has 0 saturated carbocycles. The molecule has 0 unspecified atom stereocenters. The summed E-state index contributed by atoms with van der Waals surface area (Å²) in [6, 6.07) is 13.0. The predicted molar refractivity (Wildman–Crippen MR) is 88.0 cm³/mol. The molecule has 5 nitrogen and oxygen atoms in total. The first-order valence-corrected chi connectivity index (χ1v) is 7.84. The number of ether oxygens (including phenoxy) is 2. The van der Waals surface area contributed by atoms with Gasteiger partial charge in [0, 0.05) is 22.3 Å². The molecule has 0 spiro atoms. The van der Waals surface area contributed by atoms with Crippen molar-refractivity contribution in [3.8, 4) is 11.5 Å². The van der Waals surface area contributed by atoms with E-state index in [1.54, 1.807) is 6.07 Å². The molecule has 6 heteroatoms. The topological polar surface area (TPSA) is 64.2 Å². The predicted octanol–water partition coefficient (Wildman–Crippen LogP) is 1.81. The number of anilines is 1. The van der Waals surface area contributed by atoms with Crippen molar-refractivity contribution >= 4 is 23.2 Å². The first-order valence-electron chi connectivity index (χ1n) is 7.46. The Balaban J connectivity index is 1.48. The summed E-state index contributed by atoms with van der Waals surface area (Å²) in [4.78, 5) is 12.0. The lowest BCUT2D eigenvalue weighted by Gasteiger charge is -2.18. The zero-order valence-corrected chi connectivity index (χ0v) is 13.3. The molecule has 0 aromatic heterocycles.